The normalized spacial score (nSPS) is 20.2. The number of rotatable bonds is 5. The molecule has 0 unspecified atom stereocenters. The summed E-state index contributed by atoms with van der Waals surface area (Å²) in [5.74, 6) is 0.864. The number of nitrogens with one attached hydrogen (secondary N) is 2. The van der Waals surface area contributed by atoms with Crippen LogP contribution in [-0.2, 0) is 6.42 Å². The maximum atomic E-state index is 6.02. The molecule has 0 amide bonds. The van der Waals surface area contributed by atoms with E-state index in [2.05, 4.69) is 51.9 Å². The lowest BCUT2D eigenvalue weighted by Crippen LogP contribution is -2.33. The van der Waals surface area contributed by atoms with Crippen molar-refractivity contribution in [2.24, 2.45) is 5.73 Å². The number of benzene rings is 1. The molecule has 4 rings (SSSR count). The van der Waals surface area contributed by atoms with E-state index in [1.165, 1.54) is 5.56 Å². The minimum absolute atomic E-state index is 0.348. The molecule has 1 fully saturated rings. The monoisotopic (exact) mass is 350 g/mol. The van der Waals surface area contributed by atoms with Crippen LogP contribution in [0.1, 0.15) is 38.2 Å². The van der Waals surface area contributed by atoms with Crippen molar-refractivity contribution in [1.82, 2.24) is 14.6 Å². The van der Waals surface area contributed by atoms with Gasteiger partial charge in [-0.15, -0.1) is 5.10 Å². The molecule has 4 N–H and O–H groups in total. The summed E-state index contributed by atoms with van der Waals surface area (Å²) in [4.78, 5) is 4.44. The van der Waals surface area contributed by atoms with E-state index in [0.29, 0.717) is 12.1 Å². The van der Waals surface area contributed by atoms with E-state index >= 15 is 0 Å². The lowest BCUT2D eigenvalue weighted by atomic mass is 9.92. The smallest absolute Gasteiger partial charge is 0.177 e. The van der Waals surface area contributed by atoms with Crippen molar-refractivity contribution in [2.75, 3.05) is 10.6 Å². The third-order valence-corrected chi connectivity index (χ3v) is 5.12. The van der Waals surface area contributed by atoms with Crippen LogP contribution in [-0.4, -0.2) is 26.7 Å². The summed E-state index contributed by atoms with van der Waals surface area (Å²) < 4.78 is 1.82. The highest BCUT2D eigenvalue weighted by atomic mass is 15.3. The van der Waals surface area contributed by atoms with E-state index in [9.17, 15) is 0 Å². The SMILES string of the molecule is CCc1ccc(Nc2cc(NC3CCC(N)CC3)nn3ccnc23)cc1. The van der Waals surface area contributed by atoms with Crippen LogP contribution in [0.3, 0.4) is 0 Å². The predicted molar refractivity (Wildman–Crippen MR) is 106 cm³/mol. The molecule has 6 nitrogen and oxygen atoms in total. The molecule has 2 aromatic heterocycles. The lowest BCUT2D eigenvalue weighted by molar-refractivity contribution is 0.410. The third kappa shape index (κ3) is 3.65. The van der Waals surface area contributed by atoms with Crippen molar-refractivity contribution in [3.8, 4) is 0 Å². The van der Waals surface area contributed by atoms with Gasteiger partial charge in [-0.05, 0) is 49.8 Å². The van der Waals surface area contributed by atoms with Crippen LogP contribution < -0.4 is 16.4 Å². The highest BCUT2D eigenvalue weighted by Crippen LogP contribution is 2.26. The van der Waals surface area contributed by atoms with Gasteiger partial charge >= 0.3 is 0 Å². The average Bonchev–Trinajstić information content (AvgIpc) is 3.13. The molecule has 136 valence electrons. The number of anilines is 3. The van der Waals surface area contributed by atoms with Gasteiger partial charge in [0.05, 0.1) is 5.69 Å². The van der Waals surface area contributed by atoms with Gasteiger partial charge in [0.2, 0.25) is 0 Å². The maximum absolute atomic E-state index is 6.02. The fraction of sp³-hybridized carbons (Fsp3) is 0.400. The number of imidazole rings is 1. The van der Waals surface area contributed by atoms with Crippen LogP contribution in [0.25, 0.3) is 5.65 Å². The van der Waals surface area contributed by atoms with E-state index in [0.717, 1.165) is 54.9 Å². The van der Waals surface area contributed by atoms with Gasteiger partial charge in [-0.3, -0.25) is 0 Å². The molecule has 1 saturated carbocycles. The Balaban J connectivity index is 1.57. The molecule has 1 aliphatic carbocycles. The number of aryl methyl sites for hydroxylation is 1. The van der Waals surface area contributed by atoms with Crippen molar-refractivity contribution in [3.05, 3.63) is 48.3 Å². The van der Waals surface area contributed by atoms with Gasteiger partial charge < -0.3 is 16.4 Å². The molecule has 1 aliphatic rings. The zero-order chi connectivity index (χ0) is 17.9. The van der Waals surface area contributed by atoms with Gasteiger partial charge in [0.15, 0.2) is 5.65 Å². The van der Waals surface area contributed by atoms with E-state index in [1.807, 2.05) is 16.8 Å². The zero-order valence-electron chi connectivity index (χ0n) is 15.2. The van der Waals surface area contributed by atoms with Gasteiger partial charge in [-0.1, -0.05) is 19.1 Å². The quantitative estimate of drug-likeness (QED) is 0.653. The fourth-order valence-corrected chi connectivity index (χ4v) is 3.53. The predicted octanol–water partition coefficient (Wildman–Crippen LogP) is 3.72. The Morgan fingerprint density at radius 1 is 1.15 bits per heavy atom. The van der Waals surface area contributed by atoms with Gasteiger partial charge in [0.1, 0.15) is 5.82 Å². The van der Waals surface area contributed by atoms with Crippen molar-refractivity contribution in [3.63, 3.8) is 0 Å². The van der Waals surface area contributed by atoms with Crippen molar-refractivity contribution >= 4 is 22.8 Å². The first-order valence-corrected chi connectivity index (χ1v) is 9.43. The average molecular weight is 350 g/mol. The second-order valence-electron chi connectivity index (χ2n) is 7.07. The number of fused-ring (bicyclic) bond motifs is 1. The molecule has 0 spiro atoms. The Morgan fingerprint density at radius 3 is 2.65 bits per heavy atom. The summed E-state index contributed by atoms with van der Waals surface area (Å²) in [6, 6.07) is 11.3. The van der Waals surface area contributed by atoms with Gasteiger partial charge in [0.25, 0.3) is 0 Å². The second-order valence-corrected chi connectivity index (χ2v) is 7.07. The molecule has 3 aromatic rings. The highest BCUT2D eigenvalue weighted by Gasteiger charge is 2.19. The van der Waals surface area contributed by atoms with Crippen LogP contribution >= 0.6 is 0 Å². The zero-order valence-corrected chi connectivity index (χ0v) is 15.2. The summed E-state index contributed by atoms with van der Waals surface area (Å²) in [7, 11) is 0. The topological polar surface area (TPSA) is 80.3 Å². The largest absolute Gasteiger partial charge is 0.366 e. The number of nitrogens with two attached hydrogens (primary N) is 1. The van der Waals surface area contributed by atoms with Crippen molar-refractivity contribution < 1.29 is 0 Å². The van der Waals surface area contributed by atoms with Gasteiger partial charge in [-0.2, -0.15) is 0 Å². The molecular formula is C20H26N6. The molecular weight excluding hydrogens is 324 g/mol. The summed E-state index contributed by atoms with van der Waals surface area (Å²) in [6.45, 7) is 2.16. The first-order chi connectivity index (χ1) is 12.7. The van der Waals surface area contributed by atoms with Crippen molar-refractivity contribution in [1.29, 1.82) is 0 Å². The molecule has 0 aliphatic heterocycles. The maximum Gasteiger partial charge on any atom is 0.177 e. The Hall–Kier alpha value is -2.60. The molecule has 0 bridgehead atoms. The number of aromatic nitrogens is 3. The lowest BCUT2D eigenvalue weighted by Gasteiger charge is -2.27. The minimum Gasteiger partial charge on any atom is -0.366 e. The van der Waals surface area contributed by atoms with E-state index < -0.39 is 0 Å². The summed E-state index contributed by atoms with van der Waals surface area (Å²) >= 11 is 0. The molecule has 0 atom stereocenters. The Labute approximate surface area is 153 Å². The first kappa shape index (κ1) is 16.8. The Kier molecular flexibility index (Phi) is 4.75. The summed E-state index contributed by atoms with van der Waals surface area (Å²) in [6.07, 6.45) is 9.01. The van der Waals surface area contributed by atoms with Crippen LogP contribution in [0, 0.1) is 0 Å². The summed E-state index contributed by atoms with van der Waals surface area (Å²) in [5.41, 5.74) is 10.2. The van der Waals surface area contributed by atoms with E-state index in [-0.39, 0.29) is 0 Å². The first-order valence-electron chi connectivity index (χ1n) is 9.43. The van der Waals surface area contributed by atoms with Crippen LogP contribution in [0.15, 0.2) is 42.7 Å². The van der Waals surface area contributed by atoms with E-state index in [1.54, 1.807) is 6.20 Å². The Morgan fingerprint density at radius 2 is 1.92 bits per heavy atom. The summed E-state index contributed by atoms with van der Waals surface area (Å²) in [5, 5.41) is 11.7. The minimum atomic E-state index is 0.348. The van der Waals surface area contributed by atoms with E-state index in [4.69, 9.17) is 5.73 Å². The van der Waals surface area contributed by atoms with Crippen LogP contribution in [0.5, 0.6) is 0 Å². The van der Waals surface area contributed by atoms with Crippen molar-refractivity contribution in [2.45, 2.75) is 51.1 Å². The molecule has 6 heteroatoms. The third-order valence-electron chi connectivity index (χ3n) is 5.12. The molecule has 2 heterocycles. The number of hydrogen-bond acceptors (Lipinski definition) is 5. The fourth-order valence-electron chi connectivity index (χ4n) is 3.53. The highest BCUT2D eigenvalue weighted by molar-refractivity contribution is 5.75. The second kappa shape index (κ2) is 7.33. The molecule has 26 heavy (non-hydrogen) atoms. The number of hydrogen-bond donors (Lipinski definition) is 3. The molecule has 0 saturated heterocycles. The van der Waals surface area contributed by atoms with Crippen LogP contribution in [0.4, 0.5) is 17.2 Å². The van der Waals surface area contributed by atoms with Gasteiger partial charge in [-0.25, -0.2) is 9.50 Å². The standard InChI is InChI=1S/C20H26N6/c1-2-14-3-7-16(8-4-14)23-18-13-19(25-26-12-11-22-20(18)26)24-17-9-5-15(21)6-10-17/h3-4,7-8,11-13,15,17,23H,2,5-6,9-10,21H2,1H3,(H,24,25). The van der Waals surface area contributed by atoms with Gasteiger partial charge in [0, 0.05) is 36.2 Å². The van der Waals surface area contributed by atoms with Crippen LogP contribution in [0.2, 0.25) is 0 Å². The number of nitrogens with zero attached hydrogens (tertiary/aromatic N) is 3. The Bertz CT molecular complexity index is 862. The molecule has 0 radical (unpaired) electrons. The molecule has 1 aromatic carbocycles.